The van der Waals surface area contributed by atoms with Gasteiger partial charge in [-0.2, -0.15) is 0 Å². The summed E-state index contributed by atoms with van der Waals surface area (Å²) in [5.41, 5.74) is 0.709. The molecule has 3 aromatic rings. The molecule has 102 valence electrons. The molecule has 3 rings (SSSR count). The van der Waals surface area contributed by atoms with E-state index in [4.69, 9.17) is 0 Å². The SMILES string of the molecule is CCNc1ncc(Cn2cnc3ccccc3c2=O)s1. The lowest BCUT2D eigenvalue weighted by Crippen LogP contribution is -2.20. The van der Waals surface area contributed by atoms with Crippen LogP contribution in [0.3, 0.4) is 0 Å². The van der Waals surface area contributed by atoms with Crippen LogP contribution in [0.2, 0.25) is 0 Å². The van der Waals surface area contributed by atoms with Gasteiger partial charge in [-0.05, 0) is 19.1 Å². The minimum Gasteiger partial charge on any atom is -0.362 e. The Kier molecular flexibility index (Phi) is 3.47. The fourth-order valence-corrected chi connectivity index (χ4v) is 2.88. The summed E-state index contributed by atoms with van der Waals surface area (Å²) in [6, 6.07) is 7.38. The van der Waals surface area contributed by atoms with Gasteiger partial charge in [0.15, 0.2) is 5.13 Å². The molecule has 6 heteroatoms. The van der Waals surface area contributed by atoms with Crippen molar-refractivity contribution in [2.45, 2.75) is 13.5 Å². The van der Waals surface area contributed by atoms with E-state index >= 15 is 0 Å². The molecule has 0 aliphatic carbocycles. The van der Waals surface area contributed by atoms with Crippen LogP contribution in [0.25, 0.3) is 10.9 Å². The molecule has 2 aromatic heterocycles. The van der Waals surface area contributed by atoms with Gasteiger partial charge in [-0.3, -0.25) is 9.36 Å². The zero-order valence-corrected chi connectivity index (χ0v) is 11.9. The van der Waals surface area contributed by atoms with Crippen LogP contribution < -0.4 is 10.9 Å². The second kappa shape index (κ2) is 5.42. The second-order valence-corrected chi connectivity index (χ2v) is 5.47. The van der Waals surface area contributed by atoms with E-state index in [-0.39, 0.29) is 5.56 Å². The van der Waals surface area contributed by atoms with Gasteiger partial charge in [0.2, 0.25) is 0 Å². The van der Waals surface area contributed by atoms with Crippen molar-refractivity contribution in [1.82, 2.24) is 14.5 Å². The average molecular weight is 286 g/mol. The number of aromatic nitrogens is 3. The molecule has 0 aliphatic rings. The first-order valence-corrected chi connectivity index (χ1v) is 7.22. The molecule has 0 amide bonds. The molecule has 1 N–H and O–H groups in total. The zero-order valence-electron chi connectivity index (χ0n) is 11.0. The van der Waals surface area contributed by atoms with Gasteiger partial charge in [0.05, 0.1) is 23.8 Å². The maximum atomic E-state index is 12.4. The van der Waals surface area contributed by atoms with Crippen molar-refractivity contribution >= 4 is 27.4 Å². The first-order chi connectivity index (χ1) is 9.78. The monoisotopic (exact) mass is 286 g/mol. The highest BCUT2D eigenvalue weighted by molar-refractivity contribution is 7.15. The number of para-hydroxylation sites is 1. The molecule has 0 atom stereocenters. The Balaban J connectivity index is 1.94. The molecule has 0 spiro atoms. The van der Waals surface area contributed by atoms with Crippen LogP contribution in [0.5, 0.6) is 0 Å². The maximum absolute atomic E-state index is 12.4. The Hall–Kier alpha value is -2.21. The zero-order chi connectivity index (χ0) is 13.9. The van der Waals surface area contributed by atoms with E-state index < -0.39 is 0 Å². The molecule has 0 aliphatic heterocycles. The van der Waals surface area contributed by atoms with Crippen molar-refractivity contribution in [2.24, 2.45) is 0 Å². The molecular weight excluding hydrogens is 272 g/mol. The molecule has 0 unspecified atom stereocenters. The number of anilines is 1. The fourth-order valence-electron chi connectivity index (χ4n) is 2.00. The van der Waals surface area contributed by atoms with Gasteiger partial charge >= 0.3 is 0 Å². The molecule has 5 nitrogen and oxygen atoms in total. The molecular formula is C14H14N4OS. The summed E-state index contributed by atoms with van der Waals surface area (Å²) >= 11 is 1.56. The van der Waals surface area contributed by atoms with Gasteiger partial charge in [-0.25, -0.2) is 9.97 Å². The van der Waals surface area contributed by atoms with Crippen molar-refractivity contribution in [3.63, 3.8) is 0 Å². The Morgan fingerprint density at radius 2 is 2.15 bits per heavy atom. The second-order valence-electron chi connectivity index (χ2n) is 4.36. The van der Waals surface area contributed by atoms with E-state index in [2.05, 4.69) is 15.3 Å². The van der Waals surface area contributed by atoms with Crippen molar-refractivity contribution in [2.75, 3.05) is 11.9 Å². The third-order valence-electron chi connectivity index (χ3n) is 2.94. The highest BCUT2D eigenvalue weighted by Gasteiger charge is 2.06. The quantitative estimate of drug-likeness (QED) is 0.799. The van der Waals surface area contributed by atoms with Crippen LogP contribution in [-0.2, 0) is 6.54 Å². The van der Waals surface area contributed by atoms with Crippen molar-refractivity contribution in [3.8, 4) is 0 Å². The van der Waals surface area contributed by atoms with Gasteiger partial charge in [0.25, 0.3) is 5.56 Å². The van der Waals surface area contributed by atoms with E-state index in [0.29, 0.717) is 11.9 Å². The Labute approximate surface area is 119 Å². The number of fused-ring (bicyclic) bond motifs is 1. The molecule has 20 heavy (non-hydrogen) atoms. The fraction of sp³-hybridized carbons (Fsp3) is 0.214. The summed E-state index contributed by atoms with van der Waals surface area (Å²) in [4.78, 5) is 22.0. The van der Waals surface area contributed by atoms with Crippen LogP contribution >= 0.6 is 11.3 Å². The average Bonchev–Trinajstić information content (AvgIpc) is 2.90. The van der Waals surface area contributed by atoms with Gasteiger partial charge in [-0.15, -0.1) is 11.3 Å². The van der Waals surface area contributed by atoms with Crippen LogP contribution in [0.1, 0.15) is 11.8 Å². The van der Waals surface area contributed by atoms with Gasteiger partial charge in [0.1, 0.15) is 0 Å². The summed E-state index contributed by atoms with van der Waals surface area (Å²) in [5, 5.41) is 4.69. The standard InChI is InChI=1S/C14H14N4OS/c1-2-15-14-16-7-10(20-14)8-18-9-17-12-6-4-3-5-11(12)13(18)19/h3-7,9H,2,8H2,1H3,(H,15,16). The minimum absolute atomic E-state index is 0.0194. The third-order valence-corrected chi connectivity index (χ3v) is 3.88. The summed E-state index contributed by atoms with van der Waals surface area (Å²) in [6.07, 6.45) is 3.39. The summed E-state index contributed by atoms with van der Waals surface area (Å²) in [5.74, 6) is 0. The van der Waals surface area contributed by atoms with Crippen LogP contribution in [0, 0.1) is 0 Å². The van der Waals surface area contributed by atoms with E-state index in [1.807, 2.05) is 25.1 Å². The lowest BCUT2D eigenvalue weighted by atomic mass is 10.2. The van der Waals surface area contributed by atoms with E-state index in [9.17, 15) is 4.79 Å². The molecule has 0 saturated carbocycles. The van der Waals surface area contributed by atoms with Crippen LogP contribution in [-0.4, -0.2) is 21.1 Å². The van der Waals surface area contributed by atoms with E-state index in [1.54, 1.807) is 34.5 Å². The third kappa shape index (κ3) is 2.42. The first kappa shape index (κ1) is 12.8. The smallest absolute Gasteiger partial charge is 0.261 e. The largest absolute Gasteiger partial charge is 0.362 e. The summed E-state index contributed by atoms with van der Waals surface area (Å²) in [6.45, 7) is 3.36. The van der Waals surface area contributed by atoms with E-state index in [1.165, 1.54) is 0 Å². The number of hydrogen-bond donors (Lipinski definition) is 1. The maximum Gasteiger partial charge on any atom is 0.261 e. The van der Waals surface area contributed by atoms with Crippen molar-refractivity contribution in [1.29, 1.82) is 0 Å². The number of benzene rings is 1. The van der Waals surface area contributed by atoms with Crippen molar-refractivity contribution < 1.29 is 0 Å². The minimum atomic E-state index is -0.0194. The normalized spacial score (nSPS) is 10.8. The highest BCUT2D eigenvalue weighted by Crippen LogP contribution is 2.18. The lowest BCUT2D eigenvalue weighted by molar-refractivity contribution is 0.757. The van der Waals surface area contributed by atoms with Crippen LogP contribution in [0.4, 0.5) is 5.13 Å². The lowest BCUT2D eigenvalue weighted by Gasteiger charge is -2.04. The van der Waals surface area contributed by atoms with Gasteiger partial charge < -0.3 is 5.32 Å². The Morgan fingerprint density at radius 1 is 1.30 bits per heavy atom. The number of thiazole rings is 1. The van der Waals surface area contributed by atoms with Gasteiger partial charge in [-0.1, -0.05) is 12.1 Å². The number of hydrogen-bond acceptors (Lipinski definition) is 5. The molecule has 0 saturated heterocycles. The van der Waals surface area contributed by atoms with Crippen LogP contribution in [0.15, 0.2) is 41.6 Å². The predicted octanol–water partition coefficient (Wildman–Crippen LogP) is 2.33. The first-order valence-electron chi connectivity index (χ1n) is 6.40. The summed E-state index contributed by atoms with van der Waals surface area (Å²) < 4.78 is 1.62. The number of rotatable bonds is 4. The highest BCUT2D eigenvalue weighted by atomic mass is 32.1. The molecule has 1 aromatic carbocycles. The molecule has 0 fully saturated rings. The van der Waals surface area contributed by atoms with Crippen molar-refractivity contribution in [3.05, 3.63) is 52.0 Å². The molecule has 2 heterocycles. The van der Waals surface area contributed by atoms with E-state index in [0.717, 1.165) is 22.1 Å². The topological polar surface area (TPSA) is 59.8 Å². The number of nitrogens with one attached hydrogen (secondary N) is 1. The number of nitrogens with zero attached hydrogens (tertiary/aromatic N) is 3. The summed E-state index contributed by atoms with van der Waals surface area (Å²) in [7, 11) is 0. The molecule has 0 bridgehead atoms. The molecule has 0 radical (unpaired) electrons. The van der Waals surface area contributed by atoms with Gasteiger partial charge in [0, 0.05) is 17.6 Å². The Bertz CT molecular complexity index is 793. The predicted molar refractivity (Wildman–Crippen MR) is 81.4 cm³/mol. The Morgan fingerprint density at radius 3 is 3.00 bits per heavy atom.